The van der Waals surface area contributed by atoms with Gasteiger partial charge >= 0.3 is 0 Å². The first-order chi connectivity index (χ1) is 10.8. The fourth-order valence-corrected chi connectivity index (χ4v) is 2.99. The maximum atomic E-state index is 5.39. The van der Waals surface area contributed by atoms with E-state index in [1.807, 2.05) is 6.07 Å². The number of benzene rings is 1. The first-order valence-corrected chi connectivity index (χ1v) is 8.42. The Balaban J connectivity index is 1.80. The van der Waals surface area contributed by atoms with E-state index in [9.17, 15) is 0 Å². The largest absolute Gasteiger partial charge is 0.493 e. The zero-order valence-corrected chi connectivity index (χ0v) is 14.3. The van der Waals surface area contributed by atoms with Gasteiger partial charge in [-0.2, -0.15) is 0 Å². The molecular weight excluding hydrogens is 276 g/mol. The molecule has 0 N–H and O–H groups in total. The Labute approximate surface area is 135 Å². The van der Waals surface area contributed by atoms with Crippen molar-refractivity contribution in [3.8, 4) is 11.5 Å². The lowest BCUT2D eigenvalue weighted by atomic mass is 10.1. The number of piperazine rings is 1. The summed E-state index contributed by atoms with van der Waals surface area (Å²) in [6, 6.07) is 6.22. The zero-order chi connectivity index (χ0) is 15.8. The summed E-state index contributed by atoms with van der Waals surface area (Å²) < 4.78 is 10.7. The van der Waals surface area contributed by atoms with Gasteiger partial charge in [-0.05, 0) is 30.7 Å². The quantitative estimate of drug-likeness (QED) is 0.689. The van der Waals surface area contributed by atoms with Crippen LogP contribution < -0.4 is 9.47 Å². The fraction of sp³-hybridized carbons (Fsp3) is 0.667. The Morgan fingerprint density at radius 1 is 0.909 bits per heavy atom. The number of rotatable bonds is 8. The Bertz CT molecular complexity index is 443. The third-order valence-electron chi connectivity index (χ3n) is 4.40. The highest BCUT2D eigenvalue weighted by molar-refractivity contribution is 5.42. The highest BCUT2D eigenvalue weighted by atomic mass is 16.5. The molecule has 4 nitrogen and oxygen atoms in total. The molecule has 4 heteroatoms. The molecule has 0 bridgehead atoms. The minimum atomic E-state index is 0.798. The Morgan fingerprint density at radius 2 is 1.59 bits per heavy atom. The molecule has 1 aromatic carbocycles. The average Bonchev–Trinajstić information content (AvgIpc) is 2.56. The number of methoxy groups -OCH3 is 2. The summed E-state index contributed by atoms with van der Waals surface area (Å²) in [5.41, 5.74) is 1.29. The molecule has 0 atom stereocenters. The summed E-state index contributed by atoms with van der Waals surface area (Å²) in [6.07, 6.45) is 4.00. The zero-order valence-electron chi connectivity index (χ0n) is 14.3. The minimum Gasteiger partial charge on any atom is -0.493 e. The van der Waals surface area contributed by atoms with Crippen molar-refractivity contribution in [2.45, 2.75) is 32.7 Å². The van der Waals surface area contributed by atoms with Gasteiger partial charge in [-0.3, -0.25) is 4.90 Å². The van der Waals surface area contributed by atoms with Crippen LogP contribution in [0, 0.1) is 0 Å². The van der Waals surface area contributed by atoms with Crippen LogP contribution >= 0.6 is 0 Å². The first-order valence-electron chi connectivity index (χ1n) is 8.42. The van der Waals surface area contributed by atoms with Crippen molar-refractivity contribution >= 4 is 0 Å². The summed E-state index contributed by atoms with van der Waals surface area (Å²) in [6.45, 7) is 9.21. The Morgan fingerprint density at radius 3 is 2.23 bits per heavy atom. The van der Waals surface area contributed by atoms with Crippen molar-refractivity contribution in [2.24, 2.45) is 0 Å². The van der Waals surface area contributed by atoms with Crippen LogP contribution in [0.5, 0.6) is 11.5 Å². The van der Waals surface area contributed by atoms with Crippen LogP contribution in [-0.2, 0) is 6.54 Å². The van der Waals surface area contributed by atoms with Crippen LogP contribution in [0.2, 0.25) is 0 Å². The highest BCUT2D eigenvalue weighted by Crippen LogP contribution is 2.28. The van der Waals surface area contributed by atoms with Crippen molar-refractivity contribution in [1.82, 2.24) is 9.80 Å². The molecule has 0 radical (unpaired) electrons. The molecule has 124 valence electrons. The van der Waals surface area contributed by atoms with Crippen molar-refractivity contribution in [2.75, 3.05) is 46.9 Å². The smallest absolute Gasteiger partial charge is 0.161 e. The van der Waals surface area contributed by atoms with E-state index in [4.69, 9.17) is 9.47 Å². The molecule has 0 amide bonds. The van der Waals surface area contributed by atoms with Gasteiger partial charge in [-0.15, -0.1) is 0 Å². The molecule has 1 aromatic rings. The van der Waals surface area contributed by atoms with Crippen molar-refractivity contribution < 1.29 is 9.47 Å². The van der Waals surface area contributed by atoms with Crippen molar-refractivity contribution in [3.05, 3.63) is 23.8 Å². The second kappa shape index (κ2) is 9.01. The van der Waals surface area contributed by atoms with E-state index in [1.54, 1.807) is 14.2 Å². The molecule has 0 spiro atoms. The SMILES string of the molecule is CCCCCN1CCN(Cc2ccc(OC)c(OC)c2)CC1. The van der Waals surface area contributed by atoms with Gasteiger partial charge in [0.2, 0.25) is 0 Å². The predicted molar refractivity (Wildman–Crippen MR) is 90.8 cm³/mol. The second-order valence-electron chi connectivity index (χ2n) is 6.01. The lowest BCUT2D eigenvalue weighted by Gasteiger charge is -2.34. The van der Waals surface area contributed by atoms with Crippen molar-refractivity contribution in [3.63, 3.8) is 0 Å². The van der Waals surface area contributed by atoms with Gasteiger partial charge in [0.15, 0.2) is 11.5 Å². The van der Waals surface area contributed by atoms with Gasteiger partial charge < -0.3 is 14.4 Å². The topological polar surface area (TPSA) is 24.9 Å². The number of ether oxygens (including phenoxy) is 2. The molecule has 2 rings (SSSR count). The minimum absolute atomic E-state index is 0.798. The van der Waals surface area contributed by atoms with E-state index in [1.165, 1.54) is 44.5 Å². The number of hydrogen-bond donors (Lipinski definition) is 0. The number of nitrogens with zero attached hydrogens (tertiary/aromatic N) is 2. The van der Waals surface area contributed by atoms with E-state index in [0.717, 1.165) is 31.1 Å². The van der Waals surface area contributed by atoms with E-state index < -0.39 is 0 Å². The monoisotopic (exact) mass is 306 g/mol. The van der Waals surface area contributed by atoms with E-state index in [-0.39, 0.29) is 0 Å². The normalized spacial score (nSPS) is 16.7. The van der Waals surface area contributed by atoms with E-state index >= 15 is 0 Å². The molecule has 0 unspecified atom stereocenters. The van der Waals surface area contributed by atoms with Gasteiger partial charge in [0.25, 0.3) is 0 Å². The predicted octanol–water partition coefficient (Wildman–Crippen LogP) is 3.01. The summed E-state index contributed by atoms with van der Waals surface area (Å²) in [5.74, 6) is 1.62. The van der Waals surface area contributed by atoms with Gasteiger partial charge in [0, 0.05) is 32.7 Å². The Kier molecular flexibility index (Phi) is 7.00. The van der Waals surface area contributed by atoms with Crippen LogP contribution in [0.1, 0.15) is 31.7 Å². The first kappa shape index (κ1) is 17.1. The van der Waals surface area contributed by atoms with Gasteiger partial charge in [0.1, 0.15) is 0 Å². The van der Waals surface area contributed by atoms with Gasteiger partial charge in [-0.1, -0.05) is 25.8 Å². The van der Waals surface area contributed by atoms with Gasteiger partial charge in [0.05, 0.1) is 14.2 Å². The summed E-state index contributed by atoms with van der Waals surface area (Å²) in [5, 5.41) is 0. The summed E-state index contributed by atoms with van der Waals surface area (Å²) >= 11 is 0. The highest BCUT2D eigenvalue weighted by Gasteiger charge is 2.17. The third-order valence-corrected chi connectivity index (χ3v) is 4.40. The Hall–Kier alpha value is -1.26. The van der Waals surface area contributed by atoms with Crippen molar-refractivity contribution in [1.29, 1.82) is 0 Å². The molecule has 0 saturated carbocycles. The van der Waals surface area contributed by atoms with Crippen LogP contribution in [0.15, 0.2) is 18.2 Å². The van der Waals surface area contributed by atoms with Crippen LogP contribution in [0.4, 0.5) is 0 Å². The molecule has 1 fully saturated rings. The molecule has 1 heterocycles. The summed E-state index contributed by atoms with van der Waals surface area (Å²) in [7, 11) is 3.37. The van der Waals surface area contributed by atoms with Crippen LogP contribution in [-0.4, -0.2) is 56.7 Å². The fourth-order valence-electron chi connectivity index (χ4n) is 2.99. The van der Waals surface area contributed by atoms with E-state index in [2.05, 4.69) is 28.9 Å². The maximum Gasteiger partial charge on any atom is 0.161 e. The standard InChI is InChI=1S/C18H30N2O2/c1-4-5-6-9-19-10-12-20(13-11-19)15-16-7-8-17(21-2)18(14-16)22-3/h7-8,14H,4-6,9-13,15H2,1-3H3. The molecule has 22 heavy (non-hydrogen) atoms. The van der Waals surface area contributed by atoms with E-state index in [0.29, 0.717) is 0 Å². The molecule has 0 aromatic heterocycles. The molecular formula is C18H30N2O2. The van der Waals surface area contributed by atoms with Gasteiger partial charge in [-0.25, -0.2) is 0 Å². The number of unbranched alkanes of at least 4 members (excludes halogenated alkanes) is 2. The molecule has 0 aliphatic carbocycles. The lowest BCUT2D eigenvalue weighted by molar-refractivity contribution is 0.125. The molecule has 1 saturated heterocycles. The average molecular weight is 306 g/mol. The number of hydrogen-bond acceptors (Lipinski definition) is 4. The maximum absolute atomic E-state index is 5.39. The molecule has 1 aliphatic rings. The van der Waals surface area contributed by atoms with Crippen LogP contribution in [0.25, 0.3) is 0 Å². The second-order valence-corrected chi connectivity index (χ2v) is 6.01. The molecule has 1 aliphatic heterocycles. The third kappa shape index (κ3) is 4.89. The lowest BCUT2D eigenvalue weighted by Crippen LogP contribution is -2.46. The van der Waals surface area contributed by atoms with Crippen LogP contribution in [0.3, 0.4) is 0 Å². The summed E-state index contributed by atoms with van der Waals surface area (Å²) in [4.78, 5) is 5.12.